The second-order valence-electron chi connectivity index (χ2n) is 6.67. The summed E-state index contributed by atoms with van der Waals surface area (Å²) in [5.74, 6) is 1.82. The molecule has 2 amide bonds. The Morgan fingerprint density at radius 2 is 1.37 bits per heavy atom. The summed E-state index contributed by atoms with van der Waals surface area (Å²) >= 11 is 11.7. The number of ether oxygens (including phenoxy) is 1. The smallest absolute Gasteiger partial charge is 0.323 e. The van der Waals surface area contributed by atoms with E-state index in [1.807, 2.05) is 62.6 Å². The number of benzene rings is 2. The van der Waals surface area contributed by atoms with Gasteiger partial charge in [-0.25, -0.2) is 4.79 Å². The van der Waals surface area contributed by atoms with E-state index in [-0.39, 0.29) is 18.4 Å². The van der Waals surface area contributed by atoms with Crippen molar-refractivity contribution < 1.29 is 9.53 Å². The first-order chi connectivity index (χ1) is 14.0. The number of urea groups is 1. The van der Waals surface area contributed by atoms with E-state index in [1.54, 1.807) is 0 Å². The fraction of sp³-hybridized carbons (Fsp3) is 0.381. The average Bonchev–Trinajstić information content (AvgIpc) is 2.69. The van der Waals surface area contributed by atoms with E-state index in [2.05, 4.69) is 20.4 Å². The van der Waals surface area contributed by atoms with Crippen LogP contribution in [0.5, 0.6) is 5.75 Å². The highest BCUT2D eigenvalue weighted by Crippen LogP contribution is 2.19. The summed E-state index contributed by atoms with van der Waals surface area (Å²) in [5, 5.41) is 5.64. The molecule has 0 bridgehead atoms. The van der Waals surface area contributed by atoms with Gasteiger partial charge in [0.25, 0.3) is 0 Å². The van der Waals surface area contributed by atoms with Gasteiger partial charge in [0.05, 0.1) is 0 Å². The van der Waals surface area contributed by atoms with Crippen LogP contribution in [0.3, 0.4) is 0 Å². The first-order valence-electron chi connectivity index (χ1n) is 9.44. The van der Waals surface area contributed by atoms with E-state index < -0.39 is 0 Å². The van der Waals surface area contributed by atoms with Crippen LogP contribution in [0.1, 0.15) is 0 Å². The number of rotatable bonds is 11. The minimum Gasteiger partial charge on any atom is -0.492 e. The van der Waals surface area contributed by atoms with Gasteiger partial charge < -0.3 is 25.2 Å². The van der Waals surface area contributed by atoms with Gasteiger partial charge in [0.2, 0.25) is 0 Å². The van der Waals surface area contributed by atoms with Gasteiger partial charge in [-0.3, -0.25) is 0 Å². The van der Waals surface area contributed by atoms with Crippen molar-refractivity contribution in [3.8, 4) is 5.75 Å². The van der Waals surface area contributed by atoms with Gasteiger partial charge in [0.1, 0.15) is 12.4 Å². The van der Waals surface area contributed by atoms with Gasteiger partial charge in [-0.1, -0.05) is 0 Å². The number of carbonyl (C=O) groups is 1. The lowest BCUT2D eigenvalue weighted by Crippen LogP contribution is -2.27. The fourth-order valence-corrected chi connectivity index (χ4v) is 3.01. The van der Waals surface area contributed by atoms with Crippen LogP contribution in [-0.4, -0.2) is 63.0 Å². The molecule has 0 aliphatic rings. The number of carbonyl (C=O) groups excluding carboxylic acids is 1. The van der Waals surface area contributed by atoms with Crippen LogP contribution in [0.4, 0.5) is 21.9 Å². The van der Waals surface area contributed by atoms with Gasteiger partial charge in [0.15, 0.2) is 0 Å². The molecule has 0 aromatic heterocycles. The molecule has 2 aromatic carbocycles. The summed E-state index contributed by atoms with van der Waals surface area (Å²) in [6, 6.07) is 14.6. The Morgan fingerprint density at radius 3 is 1.83 bits per heavy atom. The Hall–Kier alpha value is -1.86. The number of nitrogens with zero attached hydrogens (tertiary/aromatic N) is 2. The van der Waals surface area contributed by atoms with E-state index in [9.17, 15) is 4.79 Å². The van der Waals surface area contributed by atoms with E-state index in [0.29, 0.717) is 29.7 Å². The second-order valence-corrected chi connectivity index (χ2v) is 7.42. The molecule has 30 heavy (non-hydrogen) atoms. The van der Waals surface area contributed by atoms with Gasteiger partial charge >= 0.3 is 6.03 Å². The number of alkyl halides is 2. The molecule has 0 spiro atoms. The first kappa shape index (κ1) is 26.2. The van der Waals surface area contributed by atoms with E-state index in [1.165, 1.54) is 0 Å². The molecule has 0 heterocycles. The van der Waals surface area contributed by atoms with Gasteiger partial charge in [-0.2, -0.15) is 0 Å². The van der Waals surface area contributed by atoms with Crippen LogP contribution >= 0.6 is 35.6 Å². The molecule has 2 N–H and O–H groups in total. The van der Waals surface area contributed by atoms with Crippen molar-refractivity contribution in [1.29, 1.82) is 0 Å². The summed E-state index contributed by atoms with van der Waals surface area (Å²) < 4.78 is 5.65. The van der Waals surface area contributed by atoms with E-state index in [0.717, 1.165) is 31.1 Å². The number of hydrogen-bond acceptors (Lipinski definition) is 4. The summed E-state index contributed by atoms with van der Waals surface area (Å²) in [6.07, 6.45) is 0. The number of likely N-dealkylation sites (N-methyl/N-ethyl adjacent to an activating group) is 1. The summed E-state index contributed by atoms with van der Waals surface area (Å²) in [4.78, 5) is 16.4. The number of amides is 2. The summed E-state index contributed by atoms with van der Waals surface area (Å²) in [6.45, 7) is 2.90. The molecular formula is C21H29Cl3N4O2. The maximum atomic E-state index is 12.2. The third-order valence-electron chi connectivity index (χ3n) is 4.12. The molecule has 0 unspecified atom stereocenters. The predicted octanol–water partition coefficient (Wildman–Crippen LogP) is 4.98. The maximum absolute atomic E-state index is 12.2. The molecule has 0 aliphatic carbocycles. The van der Waals surface area contributed by atoms with Crippen molar-refractivity contribution in [3.05, 3.63) is 48.5 Å². The highest BCUT2D eigenvalue weighted by atomic mass is 35.5. The number of anilines is 3. The SMILES string of the molecule is CN(C)CCOc1ccc(NC(=O)Nc2ccc(N(CCCl)CCCl)cc2)cc1.Cl. The lowest BCUT2D eigenvalue weighted by atomic mass is 10.2. The fourth-order valence-electron chi connectivity index (χ4n) is 2.60. The minimum atomic E-state index is -0.308. The van der Waals surface area contributed by atoms with Gasteiger partial charge in [-0.15, -0.1) is 35.6 Å². The molecule has 0 atom stereocenters. The van der Waals surface area contributed by atoms with Crippen LogP contribution < -0.4 is 20.3 Å². The third kappa shape index (κ3) is 9.30. The largest absolute Gasteiger partial charge is 0.492 e. The van der Waals surface area contributed by atoms with Crippen LogP contribution in [0, 0.1) is 0 Å². The van der Waals surface area contributed by atoms with Gasteiger partial charge in [0, 0.05) is 48.5 Å². The minimum absolute atomic E-state index is 0. The zero-order valence-electron chi connectivity index (χ0n) is 17.2. The Kier molecular flexibility index (Phi) is 12.4. The summed E-state index contributed by atoms with van der Waals surface area (Å²) in [5.41, 5.74) is 2.41. The van der Waals surface area contributed by atoms with Gasteiger partial charge in [-0.05, 0) is 62.6 Å². The van der Waals surface area contributed by atoms with Crippen molar-refractivity contribution in [2.45, 2.75) is 0 Å². The van der Waals surface area contributed by atoms with E-state index >= 15 is 0 Å². The second kappa shape index (κ2) is 14.2. The van der Waals surface area contributed by atoms with Crippen molar-refractivity contribution in [1.82, 2.24) is 4.90 Å². The number of hydrogen-bond donors (Lipinski definition) is 2. The molecular weight excluding hydrogens is 447 g/mol. The van der Waals surface area contributed by atoms with Crippen LogP contribution in [-0.2, 0) is 0 Å². The predicted molar refractivity (Wildman–Crippen MR) is 130 cm³/mol. The Labute approximate surface area is 194 Å². The van der Waals surface area contributed by atoms with Crippen LogP contribution in [0.25, 0.3) is 0 Å². The highest BCUT2D eigenvalue weighted by molar-refractivity contribution is 6.18. The normalized spacial score (nSPS) is 10.3. The number of halogens is 3. The Morgan fingerprint density at radius 1 is 0.867 bits per heavy atom. The zero-order valence-corrected chi connectivity index (χ0v) is 19.6. The lowest BCUT2D eigenvalue weighted by Gasteiger charge is -2.23. The Balaban J connectivity index is 0.00000450. The van der Waals surface area contributed by atoms with Crippen molar-refractivity contribution in [2.24, 2.45) is 0 Å². The molecule has 6 nitrogen and oxygen atoms in total. The topological polar surface area (TPSA) is 56.8 Å². The summed E-state index contributed by atoms with van der Waals surface area (Å²) in [7, 11) is 4.00. The molecule has 0 saturated carbocycles. The van der Waals surface area contributed by atoms with E-state index in [4.69, 9.17) is 27.9 Å². The standard InChI is InChI=1S/C21H28Cl2N4O2.ClH/c1-26(2)15-16-29-20-9-5-18(6-10-20)25-21(28)24-17-3-7-19(8-4-17)27(13-11-22)14-12-23;/h3-10H,11-16H2,1-2H3,(H2,24,25,28);1H. The van der Waals surface area contributed by atoms with Crippen molar-refractivity contribution >= 4 is 58.7 Å². The van der Waals surface area contributed by atoms with Crippen LogP contribution in [0.15, 0.2) is 48.5 Å². The monoisotopic (exact) mass is 474 g/mol. The molecule has 2 aromatic rings. The number of nitrogens with one attached hydrogen (secondary N) is 2. The zero-order chi connectivity index (χ0) is 21.1. The molecule has 0 aliphatic heterocycles. The maximum Gasteiger partial charge on any atom is 0.323 e. The highest BCUT2D eigenvalue weighted by Gasteiger charge is 2.07. The quantitative estimate of drug-likeness (QED) is 0.450. The molecule has 0 fully saturated rings. The lowest BCUT2D eigenvalue weighted by molar-refractivity contribution is 0.261. The molecule has 0 radical (unpaired) electrons. The molecule has 166 valence electrons. The van der Waals surface area contributed by atoms with Crippen molar-refractivity contribution in [2.75, 3.05) is 67.6 Å². The molecule has 0 saturated heterocycles. The first-order valence-corrected chi connectivity index (χ1v) is 10.5. The van der Waals surface area contributed by atoms with Crippen molar-refractivity contribution in [3.63, 3.8) is 0 Å². The Bertz CT molecular complexity index is 737. The van der Waals surface area contributed by atoms with Crippen LogP contribution in [0.2, 0.25) is 0 Å². The molecule has 2 rings (SSSR count). The third-order valence-corrected chi connectivity index (χ3v) is 4.46. The average molecular weight is 476 g/mol. The molecule has 9 heteroatoms.